The highest BCUT2D eigenvalue weighted by Crippen LogP contribution is 2.35. The molecule has 0 unspecified atom stereocenters. The van der Waals surface area contributed by atoms with Gasteiger partial charge in [0.15, 0.2) is 11.5 Å². The highest BCUT2D eigenvalue weighted by atomic mass is 35.5. The molecule has 12 heteroatoms. The molecular weight excluding hydrogens is 637 g/mol. The van der Waals surface area contributed by atoms with Gasteiger partial charge in [0.05, 0.1) is 22.0 Å². The van der Waals surface area contributed by atoms with Gasteiger partial charge in [-0.25, -0.2) is 8.42 Å². The second-order valence-electron chi connectivity index (χ2n) is 11.4. The molecule has 1 fully saturated rings. The zero-order valence-corrected chi connectivity index (χ0v) is 27.4. The van der Waals surface area contributed by atoms with Crippen molar-refractivity contribution < 1.29 is 27.5 Å². The molecule has 0 bridgehead atoms. The molecule has 1 N–H and O–H groups in total. The number of carbonyl (C=O) groups excluding carboxylic acids is 2. The number of hydrogen-bond donors (Lipinski definition) is 1. The lowest BCUT2D eigenvalue weighted by Crippen LogP contribution is -2.55. The summed E-state index contributed by atoms with van der Waals surface area (Å²) in [6.07, 6.45) is 6.20. The minimum Gasteiger partial charge on any atom is -0.486 e. The number of halogens is 2. The normalized spacial score (nSPS) is 15.6. The number of fused-ring (bicyclic) bond motifs is 1. The van der Waals surface area contributed by atoms with Gasteiger partial charge in [0.25, 0.3) is 0 Å². The first-order chi connectivity index (χ1) is 21.6. The van der Waals surface area contributed by atoms with Gasteiger partial charge in [-0.1, -0.05) is 78.9 Å². The first-order valence-corrected chi connectivity index (χ1v) is 17.6. The summed E-state index contributed by atoms with van der Waals surface area (Å²) in [5, 5.41) is 3.85. The molecule has 3 aromatic carbocycles. The summed E-state index contributed by atoms with van der Waals surface area (Å²) in [7, 11) is -3.94. The van der Waals surface area contributed by atoms with Crippen molar-refractivity contribution in [2.45, 2.75) is 57.2 Å². The number of rotatable bonds is 11. The lowest BCUT2D eigenvalue weighted by molar-refractivity contribution is -0.140. The molecule has 0 spiro atoms. The lowest BCUT2D eigenvalue weighted by atomic mass is 9.94. The van der Waals surface area contributed by atoms with Crippen molar-refractivity contribution in [3.8, 4) is 11.5 Å². The Bertz CT molecular complexity index is 1620. The summed E-state index contributed by atoms with van der Waals surface area (Å²) in [4.78, 5) is 29.9. The molecule has 240 valence electrons. The van der Waals surface area contributed by atoms with Crippen molar-refractivity contribution in [1.29, 1.82) is 0 Å². The molecule has 9 nitrogen and oxygen atoms in total. The number of nitrogens with zero attached hydrogens (tertiary/aromatic N) is 2. The molecule has 0 saturated heterocycles. The smallest absolute Gasteiger partial charge is 0.244 e. The molecular formula is C33H37Cl2N3O6S. The number of sulfonamides is 1. The van der Waals surface area contributed by atoms with E-state index in [0.717, 1.165) is 48.2 Å². The fraction of sp³-hybridized carbons (Fsp3) is 0.394. The highest BCUT2D eigenvalue weighted by molar-refractivity contribution is 7.92. The molecule has 45 heavy (non-hydrogen) atoms. The zero-order valence-electron chi connectivity index (χ0n) is 25.1. The molecule has 1 atom stereocenters. The van der Waals surface area contributed by atoms with E-state index in [0.29, 0.717) is 40.3 Å². The average Bonchev–Trinajstić information content (AvgIpc) is 3.03. The molecule has 2 amide bonds. The van der Waals surface area contributed by atoms with Crippen LogP contribution in [-0.4, -0.2) is 63.2 Å². The fourth-order valence-electron chi connectivity index (χ4n) is 5.73. The fourth-order valence-corrected chi connectivity index (χ4v) is 6.90. The first-order valence-electron chi connectivity index (χ1n) is 15.0. The Morgan fingerprint density at radius 3 is 2.29 bits per heavy atom. The SMILES string of the molecule is CS(=O)(=O)N(CC(=O)N(Cc1ccc(Cl)c(Cl)c1)[C@H](Cc1ccccc1)C(=O)NC1CCCCC1)c1ccc2c(c1)OCCO2. The Hall–Kier alpha value is -3.47. The van der Waals surface area contributed by atoms with Gasteiger partial charge in [-0.05, 0) is 48.2 Å². The molecule has 1 aliphatic heterocycles. The molecule has 1 aliphatic carbocycles. The minimum absolute atomic E-state index is 0.00402. The van der Waals surface area contributed by atoms with Crippen LogP contribution in [-0.2, 0) is 32.6 Å². The Morgan fingerprint density at radius 2 is 1.60 bits per heavy atom. The van der Waals surface area contributed by atoms with E-state index < -0.39 is 28.5 Å². The van der Waals surface area contributed by atoms with Crippen molar-refractivity contribution in [2.75, 3.05) is 30.3 Å². The molecule has 1 heterocycles. The third kappa shape index (κ3) is 8.62. The molecule has 2 aliphatic rings. The summed E-state index contributed by atoms with van der Waals surface area (Å²) < 4.78 is 38.5. The van der Waals surface area contributed by atoms with Crippen molar-refractivity contribution in [3.63, 3.8) is 0 Å². The van der Waals surface area contributed by atoms with Gasteiger partial charge in [0.2, 0.25) is 21.8 Å². The van der Waals surface area contributed by atoms with Crippen molar-refractivity contribution >= 4 is 50.7 Å². The van der Waals surface area contributed by atoms with Gasteiger partial charge in [-0.2, -0.15) is 0 Å². The van der Waals surface area contributed by atoms with Gasteiger partial charge in [-0.15, -0.1) is 0 Å². The van der Waals surface area contributed by atoms with Crippen LogP contribution in [0.3, 0.4) is 0 Å². The van der Waals surface area contributed by atoms with Crippen LogP contribution in [0.15, 0.2) is 66.7 Å². The maximum absolute atomic E-state index is 14.4. The topological polar surface area (TPSA) is 105 Å². The van der Waals surface area contributed by atoms with E-state index in [4.69, 9.17) is 32.7 Å². The molecule has 1 saturated carbocycles. The minimum atomic E-state index is -3.94. The van der Waals surface area contributed by atoms with E-state index in [9.17, 15) is 18.0 Å². The van der Waals surface area contributed by atoms with Gasteiger partial charge in [0.1, 0.15) is 25.8 Å². The Kier molecular flexibility index (Phi) is 10.8. The number of amides is 2. The zero-order chi connectivity index (χ0) is 32.0. The van der Waals surface area contributed by atoms with Crippen molar-refractivity contribution in [1.82, 2.24) is 10.2 Å². The third-order valence-electron chi connectivity index (χ3n) is 8.05. The number of hydrogen-bond acceptors (Lipinski definition) is 6. The number of benzene rings is 3. The van der Waals surface area contributed by atoms with E-state index in [1.54, 1.807) is 36.4 Å². The van der Waals surface area contributed by atoms with Crippen LogP contribution in [0, 0.1) is 0 Å². The Morgan fingerprint density at radius 1 is 0.889 bits per heavy atom. The molecule has 0 aromatic heterocycles. The summed E-state index contributed by atoms with van der Waals surface area (Å²) >= 11 is 12.5. The molecule has 3 aromatic rings. The van der Waals surface area contributed by atoms with Crippen LogP contribution in [0.5, 0.6) is 11.5 Å². The van der Waals surface area contributed by atoms with Crippen LogP contribution < -0.4 is 19.1 Å². The largest absolute Gasteiger partial charge is 0.486 e. The van der Waals surface area contributed by atoms with Crippen LogP contribution in [0.25, 0.3) is 0 Å². The summed E-state index contributed by atoms with van der Waals surface area (Å²) in [6, 6.07) is 18.3. The number of ether oxygens (including phenoxy) is 2. The van der Waals surface area contributed by atoms with Crippen LogP contribution >= 0.6 is 23.2 Å². The van der Waals surface area contributed by atoms with Gasteiger partial charge in [-0.3, -0.25) is 13.9 Å². The predicted molar refractivity (Wildman–Crippen MR) is 176 cm³/mol. The van der Waals surface area contributed by atoms with Gasteiger partial charge < -0.3 is 19.7 Å². The lowest BCUT2D eigenvalue weighted by Gasteiger charge is -2.35. The number of nitrogens with one attached hydrogen (secondary N) is 1. The second kappa shape index (κ2) is 14.7. The monoisotopic (exact) mass is 673 g/mol. The third-order valence-corrected chi connectivity index (χ3v) is 9.93. The summed E-state index contributed by atoms with van der Waals surface area (Å²) in [5.74, 6) is 0.0418. The number of carbonyl (C=O) groups is 2. The summed E-state index contributed by atoms with van der Waals surface area (Å²) in [5.41, 5.74) is 1.75. The van der Waals surface area contributed by atoms with Crippen LogP contribution in [0.1, 0.15) is 43.2 Å². The maximum atomic E-state index is 14.4. The van der Waals surface area contributed by atoms with E-state index in [2.05, 4.69) is 5.32 Å². The predicted octanol–water partition coefficient (Wildman–Crippen LogP) is 5.62. The van der Waals surface area contributed by atoms with E-state index in [1.165, 1.54) is 4.90 Å². The van der Waals surface area contributed by atoms with E-state index in [-0.39, 0.29) is 30.6 Å². The van der Waals surface area contributed by atoms with Crippen molar-refractivity contribution in [2.24, 2.45) is 0 Å². The maximum Gasteiger partial charge on any atom is 0.244 e. The number of anilines is 1. The summed E-state index contributed by atoms with van der Waals surface area (Å²) in [6.45, 7) is 0.171. The van der Waals surface area contributed by atoms with Crippen LogP contribution in [0.4, 0.5) is 5.69 Å². The highest BCUT2D eigenvalue weighted by Gasteiger charge is 2.34. The quantitative estimate of drug-likeness (QED) is 0.283. The Balaban J connectivity index is 1.51. The average molecular weight is 675 g/mol. The molecule has 0 radical (unpaired) electrons. The van der Waals surface area contributed by atoms with Gasteiger partial charge in [0, 0.05) is 25.1 Å². The first kappa shape index (κ1) is 32.9. The molecule has 5 rings (SSSR count). The van der Waals surface area contributed by atoms with Crippen LogP contribution in [0.2, 0.25) is 10.0 Å². The standard InChI is InChI=1S/C33H37Cl2N3O6S/c1-45(41,42)38(26-13-15-30-31(20-26)44-17-16-43-30)22-32(39)37(21-24-12-14-27(34)28(35)18-24)29(19-23-8-4-2-5-9-23)33(40)36-25-10-6-3-7-11-25/h2,4-5,8-9,12-15,18,20,25,29H,3,6-7,10-11,16-17,19,21-22H2,1H3,(H,36,40)/t29-/m1/s1. The van der Waals surface area contributed by atoms with Crippen molar-refractivity contribution in [3.05, 3.63) is 87.9 Å². The van der Waals surface area contributed by atoms with Gasteiger partial charge >= 0.3 is 0 Å². The van der Waals surface area contributed by atoms with E-state index in [1.807, 2.05) is 30.3 Å². The Labute approximate surface area is 274 Å². The van der Waals surface area contributed by atoms with E-state index >= 15 is 0 Å². The second-order valence-corrected chi connectivity index (χ2v) is 14.1.